The first kappa shape index (κ1) is 17.3. The molecule has 1 saturated heterocycles. The monoisotopic (exact) mass is 341 g/mol. The molecule has 0 aromatic heterocycles. The first-order valence-electron chi connectivity index (χ1n) is 8.41. The molecule has 2 aromatic carbocycles. The quantitative estimate of drug-likeness (QED) is 0.873. The predicted octanol–water partition coefficient (Wildman–Crippen LogP) is 3.34. The molecule has 2 aromatic rings. The Morgan fingerprint density at radius 3 is 2.44 bits per heavy atom. The van der Waals surface area contributed by atoms with Crippen molar-refractivity contribution in [1.29, 1.82) is 0 Å². The first-order valence-corrected chi connectivity index (χ1v) is 8.41. The van der Waals surface area contributed by atoms with E-state index in [0.29, 0.717) is 17.9 Å². The Labute approximate surface area is 147 Å². The molecule has 5 nitrogen and oxygen atoms in total. The normalized spacial score (nSPS) is 18.7. The highest BCUT2D eigenvalue weighted by Gasteiger charge is 2.37. The molecule has 25 heavy (non-hydrogen) atoms. The summed E-state index contributed by atoms with van der Waals surface area (Å²) in [5.74, 6) is 0.542. The van der Waals surface area contributed by atoms with E-state index in [4.69, 9.17) is 9.47 Å². The highest BCUT2D eigenvalue weighted by molar-refractivity contribution is 5.74. The van der Waals surface area contributed by atoms with Crippen molar-refractivity contribution >= 4 is 5.97 Å². The molecule has 0 aliphatic carbocycles. The van der Waals surface area contributed by atoms with E-state index in [0.717, 1.165) is 24.1 Å². The molecule has 2 atom stereocenters. The SMILES string of the molecule is COc1ccc(C(c2ccccc2)N2CCCC2C(=O)O)cc1OC. The fourth-order valence-electron chi connectivity index (χ4n) is 3.60. The largest absolute Gasteiger partial charge is 0.493 e. The second kappa shape index (κ2) is 7.57. The molecular formula is C20H23NO4. The molecule has 1 aliphatic rings. The number of hydrogen-bond acceptors (Lipinski definition) is 4. The number of ether oxygens (including phenoxy) is 2. The lowest BCUT2D eigenvalue weighted by molar-refractivity contribution is -0.142. The predicted molar refractivity (Wildman–Crippen MR) is 95.2 cm³/mol. The summed E-state index contributed by atoms with van der Waals surface area (Å²) in [6.07, 6.45) is 1.56. The van der Waals surface area contributed by atoms with Crippen LogP contribution in [-0.2, 0) is 4.79 Å². The number of benzene rings is 2. The number of carboxylic acid groups (broad SMARTS) is 1. The van der Waals surface area contributed by atoms with Gasteiger partial charge in [0.05, 0.1) is 20.3 Å². The summed E-state index contributed by atoms with van der Waals surface area (Å²) in [6.45, 7) is 0.755. The number of rotatable bonds is 6. The molecule has 0 bridgehead atoms. The van der Waals surface area contributed by atoms with Crippen LogP contribution >= 0.6 is 0 Å². The molecular weight excluding hydrogens is 318 g/mol. The molecule has 1 heterocycles. The zero-order valence-corrected chi connectivity index (χ0v) is 14.5. The summed E-state index contributed by atoms with van der Waals surface area (Å²) in [5, 5.41) is 9.62. The van der Waals surface area contributed by atoms with E-state index in [9.17, 15) is 9.90 Å². The summed E-state index contributed by atoms with van der Waals surface area (Å²) < 4.78 is 10.8. The highest BCUT2D eigenvalue weighted by Crippen LogP contribution is 2.38. The zero-order valence-electron chi connectivity index (χ0n) is 14.5. The molecule has 0 radical (unpaired) electrons. The Bertz CT molecular complexity index is 732. The smallest absolute Gasteiger partial charge is 0.320 e. The van der Waals surface area contributed by atoms with Gasteiger partial charge < -0.3 is 14.6 Å². The van der Waals surface area contributed by atoms with Crippen LogP contribution < -0.4 is 9.47 Å². The van der Waals surface area contributed by atoms with Crippen molar-refractivity contribution in [3.05, 3.63) is 59.7 Å². The van der Waals surface area contributed by atoms with Crippen LogP contribution in [0.15, 0.2) is 48.5 Å². The van der Waals surface area contributed by atoms with Gasteiger partial charge in [0.25, 0.3) is 0 Å². The van der Waals surface area contributed by atoms with Crippen LogP contribution in [0.1, 0.15) is 30.0 Å². The van der Waals surface area contributed by atoms with Gasteiger partial charge in [-0.3, -0.25) is 9.69 Å². The van der Waals surface area contributed by atoms with Crippen molar-refractivity contribution in [2.75, 3.05) is 20.8 Å². The number of carboxylic acids is 1. The summed E-state index contributed by atoms with van der Waals surface area (Å²) in [4.78, 5) is 13.8. The maximum absolute atomic E-state index is 11.7. The van der Waals surface area contributed by atoms with Crippen molar-refractivity contribution in [3.8, 4) is 11.5 Å². The number of methoxy groups -OCH3 is 2. The fourth-order valence-corrected chi connectivity index (χ4v) is 3.60. The molecule has 5 heteroatoms. The first-order chi connectivity index (χ1) is 12.2. The Morgan fingerprint density at radius 1 is 1.08 bits per heavy atom. The number of carbonyl (C=O) groups is 1. The minimum atomic E-state index is -0.765. The van der Waals surface area contributed by atoms with Crippen molar-refractivity contribution in [3.63, 3.8) is 0 Å². The van der Waals surface area contributed by atoms with Gasteiger partial charge in [0.15, 0.2) is 11.5 Å². The van der Waals surface area contributed by atoms with Crippen LogP contribution in [0.5, 0.6) is 11.5 Å². The van der Waals surface area contributed by atoms with Gasteiger partial charge in [0, 0.05) is 6.54 Å². The van der Waals surface area contributed by atoms with E-state index in [1.54, 1.807) is 14.2 Å². The topological polar surface area (TPSA) is 59.0 Å². The van der Waals surface area contributed by atoms with Crippen LogP contribution in [-0.4, -0.2) is 42.8 Å². The lowest BCUT2D eigenvalue weighted by atomic mass is 9.96. The van der Waals surface area contributed by atoms with Crippen LogP contribution in [0.2, 0.25) is 0 Å². The molecule has 132 valence electrons. The van der Waals surface area contributed by atoms with Crippen molar-refractivity contribution in [2.24, 2.45) is 0 Å². The number of aliphatic carboxylic acids is 1. The second-order valence-corrected chi connectivity index (χ2v) is 6.16. The number of nitrogens with zero attached hydrogens (tertiary/aromatic N) is 1. The van der Waals surface area contributed by atoms with Gasteiger partial charge >= 0.3 is 5.97 Å². The summed E-state index contributed by atoms with van der Waals surface area (Å²) in [5.41, 5.74) is 2.07. The van der Waals surface area contributed by atoms with Gasteiger partial charge in [-0.1, -0.05) is 36.4 Å². The number of hydrogen-bond donors (Lipinski definition) is 1. The van der Waals surface area contributed by atoms with Gasteiger partial charge in [-0.2, -0.15) is 0 Å². The highest BCUT2D eigenvalue weighted by atomic mass is 16.5. The third kappa shape index (κ3) is 3.46. The lowest BCUT2D eigenvalue weighted by Crippen LogP contribution is -2.39. The molecule has 1 aliphatic heterocycles. The Morgan fingerprint density at radius 2 is 1.80 bits per heavy atom. The maximum Gasteiger partial charge on any atom is 0.320 e. The zero-order chi connectivity index (χ0) is 17.8. The van der Waals surface area contributed by atoms with Gasteiger partial charge in [-0.25, -0.2) is 0 Å². The van der Waals surface area contributed by atoms with Gasteiger partial charge in [-0.05, 0) is 36.1 Å². The number of likely N-dealkylation sites (tertiary alicyclic amines) is 1. The van der Waals surface area contributed by atoms with Crippen LogP contribution in [0, 0.1) is 0 Å². The van der Waals surface area contributed by atoms with Crippen molar-refractivity contribution in [1.82, 2.24) is 4.90 Å². The van der Waals surface area contributed by atoms with Crippen molar-refractivity contribution < 1.29 is 19.4 Å². The van der Waals surface area contributed by atoms with Gasteiger partial charge in [0.1, 0.15) is 6.04 Å². The van der Waals surface area contributed by atoms with E-state index in [2.05, 4.69) is 4.90 Å². The van der Waals surface area contributed by atoms with Gasteiger partial charge in [0.2, 0.25) is 0 Å². The third-order valence-corrected chi connectivity index (χ3v) is 4.75. The van der Waals surface area contributed by atoms with Crippen LogP contribution in [0.3, 0.4) is 0 Å². The van der Waals surface area contributed by atoms with Crippen LogP contribution in [0.4, 0.5) is 0 Å². The lowest BCUT2D eigenvalue weighted by Gasteiger charge is -2.32. The van der Waals surface area contributed by atoms with Crippen molar-refractivity contribution in [2.45, 2.75) is 24.9 Å². The Kier molecular flexibility index (Phi) is 5.24. The second-order valence-electron chi connectivity index (χ2n) is 6.16. The minimum Gasteiger partial charge on any atom is -0.493 e. The Hall–Kier alpha value is -2.53. The summed E-state index contributed by atoms with van der Waals surface area (Å²) in [6, 6.07) is 15.2. The van der Waals surface area contributed by atoms with Gasteiger partial charge in [-0.15, -0.1) is 0 Å². The van der Waals surface area contributed by atoms with E-state index >= 15 is 0 Å². The van der Waals surface area contributed by atoms with E-state index < -0.39 is 12.0 Å². The molecule has 0 saturated carbocycles. The molecule has 0 spiro atoms. The molecule has 2 unspecified atom stereocenters. The third-order valence-electron chi connectivity index (χ3n) is 4.75. The van der Waals surface area contributed by atoms with E-state index in [1.807, 2.05) is 48.5 Å². The van der Waals surface area contributed by atoms with E-state index in [1.165, 1.54) is 0 Å². The standard InChI is InChI=1S/C20H23NO4/c1-24-17-11-10-15(13-18(17)25-2)19(14-7-4-3-5-8-14)21-12-6-9-16(21)20(22)23/h3-5,7-8,10-11,13,16,19H,6,9,12H2,1-2H3,(H,22,23). The van der Waals surface area contributed by atoms with Crippen LogP contribution in [0.25, 0.3) is 0 Å². The van der Waals surface area contributed by atoms with E-state index in [-0.39, 0.29) is 6.04 Å². The Balaban J connectivity index is 2.07. The molecule has 0 amide bonds. The molecule has 3 rings (SSSR count). The average molecular weight is 341 g/mol. The maximum atomic E-state index is 11.7. The molecule has 1 N–H and O–H groups in total. The molecule has 1 fully saturated rings. The summed E-state index contributed by atoms with van der Waals surface area (Å²) in [7, 11) is 3.21. The minimum absolute atomic E-state index is 0.135. The average Bonchev–Trinajstić information content (AvgIpc) is 3.12. The fraction of sp³-hybridized carbons (Fsp3) is 0.350. The summed E-state index contributed by atoms with van der Waals surface area (Å²) >= 11 is 0.